The first kappa shape index (κ1) is 21.5. The molecule has 2 amide bonds. The van der Waals surface area contributed by atoms with Crippen LogP contribution in [0.3, 0.4) is 0 Å². The van der Waals surface area contributed by atoms with E-state index in [-0.39, 0.29) is 13.0 Å². The number of thiophene rings is 1. The molecule has 0 saturated carbocycles. The van der Waals surface area contributed by atoms with Crippen molar-refractivity contribution in [2.75, 3.05) is 0 Å². The summed E-state index contributed by atoms with van der Waals surface area (Å²) in [5, 5.41) is 5.06. The molecule has 3 rings (SSSR count). The molecule has 0 bridgehead atoms. The smallest absolute Gasteiger partial charge is 0.408 e. The molecule has 0 spiro atoms. The average molecular weight is 431 g/mol. The number of rotatable bonds is 8. The van der Waals surface area contributed by atoms with Gasteiger partial charge in [0.15, 0.2) is 11.7 Å². The molecule has 158 valence electrons. The molecule has 1 fully saturated rings. The van der Waals surface area contributed by atoms with E-state index in [1.165, 1.54) is 11.3 Å². The van der Waals surface area contributed by atoms with Crippen molar-refractivity contribution in [2.24, 2.45) is 11.8 Å². The van der Waals surface area contributed by atoms with Crippen molar-refractivity contribution >= 4 is 35.1 Å². The minimum Gasteiger partial charge on any atom is -0.445 e. The number of hydrazine groups is 1. The minimum absolute atomic E-state index is 0.0294. The zero-order valence-corrected chi connectivity index (χ0v) is 17.0. The Balaban J connectivity index is 1.70. The Morgan fingerprint density at radius 1 is 1.20 bits per heavy atom. The molecule has 10 heteroatoms. The first-order valence-electron chi connectivity index (χ1n) is 9.15. The number of β-lactam (4-membered cyclic amide) rings is 1. The number of nitrogens with two attached hydrogens (primary N) is 1. The Kier molecular flexibility index (Phi) is 6.80. The second kappa shape index (κ2) is 9.51. The monoisotopic (exact) mass is 431 g/mol. The summed E-state index contributed by atoms with van der Waals surface area (Å²) in [6.45, 7) is 1.18. The van der Waals surface area contributed by atoms with Gasteiger partial charge in [0.1, 0.15) is 6.61 Å². The van der Waals surface area contributed by atoms with E-state index in [1.54, 1.807) is 12.1 Å². The number of ketones is 1. The van der Waals surface area contributed by atoms with Crippen molar-refractivity contribution in [3.63, 3.8) is 0 Å². The lowest BCUT2D eigenvalue weighted by Gasteiger charge is -2.42. The highest BCUT2D eigenvalue weighted by Gasteiger charge is 2.54. The third-order valence-corrected chi connectivity index (χ3v) is 5.41. The van der Waals surface area contributed by atoms with Crippen molar-refractivity contribution < 1.29 is 28.7 Å². The van der Waals surface area contributed by atoms with E-state index < -0.39 is 41.9 Å². The molecule has 1 aliphatic rings. The molecule has 30 heavy (non-hydrogen) atoms. The van der Waals surface area contributed by atoms with Crippen LogP contribution in [-0.4, -0.2) is 41.0 Å². The van der Waals surface area contributed by atoms with E-state index >= 15 is 0 Å². The molecule has 1 unspecified atom stereocenters. The van der Waals surface area contributed by atoms with Gasteiger partial charge in [-0.05, 0) is 17.0 Å². The summed E-state index contributed by atoms with van der Waals surface area (Å²) in [5.74, 6) is 2.30. The molecule has 1 saturated heterocycles. The number of hydrogen-bond acceptors (Lipinski definition) is 8. The maximum absolute atomic E-state index is 13.0. The molecular weight excluding hydrogens is 410 g/mol. The second-order valence-electron chi connectivity index (χ2n) is 6.67. The fraction of sp³-hybridized carbons (Fsp3) is 0.300. The van der Waals surface area contributed by atoms with Crippen molar-refractivity contribution in [3.05, 3.63) is 58.3 Å². The molecule has 1 aromatic heterocycles. The van der Waals surface area contributed by atoms with Crippen LogP contribution in [0.2, 0.25) is 0 Å². The summed E-state index contributed by atoms with van der Waals surface area (Å²) in [6.07, 6.45) is -1.83. The average Bonchev–Trinajstić information content (AvgIpc) is 3.24. The number of carbonyl (C=O) groups is 4. The van der Waals surface area contributed by atoms with E-state index in [2.05, 4.69) is 5.32 Å². The number of hydrogen-bond donors (Lipinski definition) is 2. The third-order valence-electron chi connectivity index (χ3n) is 4.51. The maximum Gasteiger partial charge on any atom is 0.408 e. The SMILES string of the molecule is CC(=O)O[C@H]1[C@@H](C(=O)C(Cc2cccs2)NC(=O)OCc2ccccc2)C(=O)N1N. The van der Waals surface area contributed by atoms with Gasteiger partial charge in [-0.3, -0.25) is 14.4 Å². The fourth-order valence-electron chi connectivity index (χ4n) is 3.02. The first-order chi connectivity index (χ1) is 14.4. The van der Waals surface area contributed by atoms with E-state index in [0.717, 1.165) is 17.4 Å². The van der Waals surface area contributed by atoms with E-state index in [1.807, 2.05) is 35.7 Å². The quantitative estimate of drug-likeness (QED) is 0.212. The number of alkyl carbamates (subject to hydrolysis) is 1. The largest absolute Gasteiger partial charge is 0.445 e. The second-order valence-corrected chi connectivity index (χ2v) is 7.70. The number of Topliss-reactive ketones (excluding diaryl/α,β-unsaturated/α-hetero) is 1. The van der Waals surface area contributed by atoms with E-state index in [4.69, 9.17) is 15.3 Å². The van der Waals surface area contributed by atoms with Gasteiger partial charge in [0.25, 0.3) is 5.91 Å². The zero-order valence-electron chi connectivity index (χ0n) is 16.1. The predicted molar refractivity (Wildman–Crippen MR) is 107 cm³/mol. The summed E-state index contributed by atoms with van der Waals surface area (Å²) < 4.78 is 10.2. The molecule has 0 radical (unpaired) electrons. The van der Waals surface area contributed by atoms with Crippen LogP contribution in [-0.2, 0) is 36.9 Å². The molecule has 3 N–H and O–H groups in total. The minimum atomic E-state index is -1.28. The highest BCUT2D eigenvalue weighted by atomic mass is 32.1. The summed E-state index contributed by atoms with van der Waals surface area (Å²) in [4.78, 5) is 49.6. The van der Waals surface area contributed by atoms with Gasteiger partial charge in [0.05, 0.1) is 6.04 Å². The van der Waals surface area contributed by atoms with Crippen molar-refractivity contribution in [1.29, 1.82) is 0 Å². The summed E-state index contributed by atoms with van der Waals surface area (Å²) in [6, 6.07) is 11.6. The third kappa shape index (κ3) is 5.02. The molecule has 1 aromatic carbocycles. The van der Waals surface area contributed by atoms with Gasteiger partial charge >= 0.3 is 12.1 Å². The van der Waals surface area contributed by atoms with Gasteiger partial charge in [-0.25, -0.2) is 15.6 Å². The van der Waals surface area contributed by atoms with E-state index in [9.17, 15) is 19.2 Å². The van der Waals surface area contributed by atoms with Crippen molar-refractivity contribution in [2.45, 2.75) is 32.2 Å². The van der Waals surface area contributed by atoms with Gasteiger partial charge in [-0.2, -0.15) is 0 Å². The van der Waals surface area contributed by atoms with Crippen LogP contribution in [0.5, 0.6) is 0 Å². The molecule has 1 aliphatic heterocycles. The zero-order chi connectivity index (χ0) is 21.7. The number of carbonyl (C=O) groups excluding carboxylic acids is 4. The molecular formula is C20H21N3O6S. The highest BCUT2D eigenvalue weighted by Crippen LogP contribution is 2.27. The van der Waals surface area contributed by atoms with Crippen LogP contribution in [0.15, 0.2) is 47.8 Å². The number of amides is 2. The lowest BCUT2D eigenvalue weighted by Crippen LogP contribution is -2.70. The number of nitrogens with zero attached hydrogens (tertiary/aromatic N) is 1. The van der Waals surface area contributed by atoms with Crippen LogP contribution in [0, 0.1) is 5.92 Å². The summed E-state index contributed by atoms with van der Waals surface area (Å²) >= 11 is 1.41. The van der Waals surface area contributed by atoms with Crippen LogP contribution in [0.1, 0.15) is 17.4 Å². The standard InChI is InChI=1S/C20H21N3O6S/c1-12(24)29-19-16(18(26)23(19)21)17(25)15(10-14-8-5-9-30-14)22-20(27)28-11-13-6-3-2-4-7-13/h2-9,15-16,19H,10-11,21H2,1H3,(H,22,27)/t15?,16-,19-/m0/s1. The van der Waals surface area contributed by atoms with Crippen LogP contribution in [0.4, 0.5) is 4.79 Å². The molecule has 3 atom stereocenters. The van der Waals surface area contributed by atoms with Crippen LogP contribution in [0.25, 0.3) is 0 Å². The Morgan fingerprint density at radius 2 is 1.93 bits per heavy atom. The number of esters is 1. The molecule has 2 aromatic rings. The maximum atomic E-state index is 13.0. The van der Waals surface area contributed by atoms with Crippen LogP contribution < -0.4 is 11.2 Å². The number of benzene rings is 1. The van der Waals surface area contributed by atoms with Crippen molar-refractivity contribution in [3.8, 4) is 0 Å². The first-order valence-corrected chi connectivity index (χ1v) is 10.0. The summed E-state index contributed by atoms with van der Waals surface area (Å²) in [5.41, 5.74) is 0.789. The lowest BCUT2D eigenvalue weighted by molar-refractivity contribution is -0.198. The molecule has 9 nitrogen and oxygen atoms in total. The lowest BCUT2D eigenvalue weighted by atomic mass is 9.87. The molecule has 0 aliphatic carbocycles. The van der Waals surface area contributed by atoms with Gasteiger partial charge in [-0.15, -0.1) is 11.3 Å². The van der Waals surface area contributed by atoms with Gasteiger partial charge in [0.2, 0.25) is 6.23 Å². The van der Waals surface area contributed by atoms with Gasteiger partial charge < -0.3 is 14.8 Å². The Hall–Kier alpha value is -3.24. The predicted octanol–water partition coefficient (Wildman–Crippen LogP) is 1.38. The highest BCUT2D eigenvalue weighted by molar-refractivity contribution is 7.09. The Morgan fingerprint density at radius 3 is 2.57 bits per heavy atom. The Bertz CT molecular complexity index is 918. The Labute approximate surface area is 176 Å². The summed E-state index contributed by atoms with van der Waals surface area (Å²) in [7, 11) is 0. The van der Waals surface area contributed by atoms with Gasteiger partial charge in [0, 0.05) is 18.2 Å². The molecule has 2 heterocycles. The van der Waals surface area contributed by atoms with Crippen LogP contribution >= 0.6 is 11.3 Å². The fourth-order valence-corrected chi connectivity index (χ4v) is 3.77. The number of nitrogens with one attached hydrogen (secondary N) is 1. The topological polar surface area (TPSA) is 128 Å². The number of ether oxygens (including phenoxy) is 2. The van der Waals surface area contributed by atoms with Crippen molar-refractivity contribution in [1.82, 2.24) is 10.3 Å². The van der Waals surface area contributed by atoms with E-state index in [0.29, 0.717) is 5.01 Å². The van der Waals surface area contributed by atoms with Gasteiger partial charge in [-0.1, -0.05) is 36.4 Å². The normalized spacial score (nSPS) is 18.9.